The maximum absolute atomic E-state index is 13.2. The van der Waals surface area contributed by atoms with Gasteiger partial charge in [-0.05, 0) is 101 Å². The minimum absolute atomic E-state index is 0.162. The minimum atomic E-state index is -1.03. The third-order valence-electron chi connectivity index (χ3n) is 5.68. The topological polar surface area (TPSA) is 88.4 Å². The Morgan fingerprint density at radius 1 is 1.18 bits per heavy atom. The van der Waals surface area contributed by atoms with Crippen molar-refractivity contribution in [2.45, 2.75) is 20.5 Å². The average Bonchev–Trinajstić information content (AvgIpc) is 3.13. The lowest BCUT2D eigenvalue weighted by Crippen LogP contribution is -2.23. The molecular formula is C28H24BrFN2O5S. The number of hydrogen-bond donors (Lipinski definition) is 1. The second-order valence-electron chi connectivity index (χ2n) is 8.30. The molecule has 4 rings (SSSR count). The highest BCUT2D eigenvalue weighted by Crippen LogP contribution is 2.40. The molecule has 1 aliphatic heterocycles. The first-order valence-electron chi connectivity index (χ1n) is 11.6. The molecule has 10 heteroatoms. The molecule has 1 aliphatic rings. The van der Waals surface area contributed by atoms with Crippen LogP contribution >= 0.6 is 27.7 Å². The molecule has 0 bridgehead atoms. The zero-order chi connectivity index (χ0) is 27.4. The summed E-state index contributed by atoms with van der Waals surface area (Å²) in [5.74, 6) is -0.586. The van der Waals surface area contributed by atoms with E-state index in [2.05, 4.69) is 20.9 Å². The van der Waals surface area contributed by atoms with E-state index in [1.165, 1.54) is 34.9 Å². The van der Waals surface area contributed by atoms with E-state index in [9.17, 15) is 19.1 Å². The molecule has 196 valence electrons. The Hall–Kier alpha value is -3.63. The van der Waals surface area contributed by atoms with Crippen molar-refractivity contribution in [3.05, 3.63) is 92.0 Å². The second-order valence-corrected chi connectivity index (χ2v) is 10.2. The van der Waals surface area contributed by atoms with E-state index in [0.717, 1.165) is 5.56 Å². The van der Waals surface area contributed by atoms with Crippen LogP contribution in [0.15, 0.2) is 69.0 Å². The van der Waals surface area contributed by atoms with Gasteiger partial charge in [-0.25, -0.2) is 14.2 Å². The number of thioether (sulfide) groups is 1. The van der Waals surface area contributed by atoms with E-state index < -0.39 is 5.97 Å². The number of carbonyl (C=O) groups is 2. The fourth-order valence-corrected chi connectivity index (χ4v) is 5.25. The fraction of sp³-hybridized carbons (Fsp3) is 0.179. The van der Waals surface area contributed by atoms with Crippen molar-refractivity contribution < 1.29 is 28.6 Å². The first-order chi connectivity index (χ1) is 18.2. The van der Waals surface area contributed by atoms with Crippen molar-refractivity contribution in [1.82, 2.24) is 4.90 Å². The van der Waals surface area contributed by atoms with Gasteiger partial charge in [-0.15, -0.1) is 0 Å². The number of benzene rings is 3. The number of rotatable bonds is 8. The molecule has 1 fully saturated rings. The lowest BCUT2D eigenvalue weighted by Gasteiger charge is -2.15. The maximum atomic E-state index is 13.2. The van der Waals surface area contributed by atoms with Crippen molar-refractivity contribution in [3.8, 4) is 11.5 Å². The van der Waals surface area contributed by atoms with Gasteiger partial charge >= 0.3 is 5.97 Å². The van der Waals surface area contributed by atoms with Crippen LogP contribution in [0.25, 0.3) is 6.08 Å². The van der Waals surface area contributed by atoms with Crippen LogP contribution in [0.1, 0.15) is 34.0 Å². The number of amidine groups is 1. The molecule has 0 aromatic heterocycles. The molecule has 3 aromatic carbocycles. The van der Waals surface area contributed by atoms with Gasteiger partial charge in [0.1, 0.15) is 12.4 Å². The van der Waals surface area contributed by atoms with Crippen LogP contribution < -0.4 is 9.47 Å². The summed E-state index contributed by atoms with van der Waals surface area (Å²) in [5, 5.41) is 9.83. The number of carboxylic acid groups (broad SMARTS) is 1. The Balaban J connectivity index is 1.61. The van der Waals surface area contributed by atoms with E-state index in [1.54, 1.807) is 50.4 Å². The van der Waals surface area contributed by atoms with E-state index in [1.807, 2.05) is 13.0 Å². The lowest BCUT2D eigenvalue weighted by atomic mass is 10.1. The number of nitrogens with zero attached hydrogens (tertiary/aromatic N) is 2. The molecule has 0 spiro atoms. The van der Waals surface area contributed by atoms with E-state index >= 15 is 0 Å². The largest absolute Gasteiger partial charge is 0.490 e. The SMILES string of the molecule is CCOc1cc(/C=C2\SC(=Nc3cccc(C(=O)O)c3C)N(C)C2=O)cc(Br)c1OCc1ccc(F)cc1. The van der Waals surface area contributed by atoms with Crippen molar-refractivity contribution in [1.29, 1.82) is 0 Å². The average molecular weight is 599 g/mol. The Morgan fingerprint density at radius 2 is 1.92 bits per heavy atom. The number of amides is 1. The van der Waals surface area contributed by atoms with Crippen molar-refractivity contribution >= 4 is 56.5 Å². The normalized spacial score (nSPS) is 15.4. The first kappa shape index (κ1) is 27.4. The van der Waals surface area contributed by atoms with Gasteiger partial charge in [-0.3, -0.25) is 9.69 Å². The molecule has 1 heterocycles. The molecule has 0 atom stereocenters. The van der Waals surface area contributed by atoms with Gasteiger partial charge in [0.25, 0.3) is 5.91 Å². The number of aliphatic imine (C=N–C) groups is 1. The van der Waals surface area contributed by atoms with Crippen LogP contribution in [0.3, 0.4) is 0 Å². The molecule has 7 nitrogen and oxygen atoms in total. The molecule has 0 unspecified atom stereocenters. The molecular weight excluding hydrogens is 575 g/mol. The van der Waals surface area contributed by atoms with Crippen LogP contribution in [0.2, 0.25) is 0 Å². The van der Waals surface area contributed by atoms with Gasteiger partial charge in [0.15, 0.2) is 16.7 Å². The molecule has 1 N–H and O–H groups in total. The summed E-state index contributed by atoms with van der Waals surface area (Å²) in [6, 6.07) is 14.5. The molecule has 0 aliphatic carbocycles. The quantitative estimate of drug-likeness (QED) is 0.287. The van der Waals surface area contributed by atoms with Crippen LogP contribution in [-0.4, -0.2) is 40.7 Å². The molecule has 1 amide bonds. The van der Waals surface area contributed by atoms with Crippen LogP contribution in [-0.2, 0) is 11.4 Å². The third-order valence-corrected chi connectivity index (χ3v) is 7.33. The second kappa shape index (κ2) is 11.8. The lowest BCUT2D eigenvalue weighted by molar-refractivity contribution is -0.121. The maximum Gasteiger partial charge on any atom is 0.336 e. The summed E-state index contributed by atoms with van der Waals surface area (Å²) in [5.41, 5.74) is 2.68. The number of halogens is 2. The smallest absolute Gasteiger partial charge is 0.336 e. The summed E-state index contributed by atoms with van der Waals surface area (Å²) in [7, 11) is 1.62. The summed E-state index contributed by atoms with van der Waals surface area (Å²) in [6.07, 6.45) is 1.74. The predicted molar refractivity (Wildman–Crippen MR) is 150 cm³/mol. The summed E-state index contributed by atoms with van der Waals surface area (Å²) in [4.78, 5) is 30.9. The highest BCUT2D eigenvalue weighted by molar-refractivity contribution is 9.10. The highest BCUT2D eigenvalue weighted by atomic mass is 79.9. The molecule has 3 aromatic rings. The van der Waals surface area contributed by atoms with Gasteiger partial charge in [0.05, 0.1) is 27.2 Å². The number of hydrogen-bond acceptors (Lipinski definition) is 6. The Kier molecular flexibility index (Phi) is 8.53. The predicted octanol–water partition coefficient (Wildman–Crippen LogP) is 6.81. The summed E-state index contributed by atoms with van der Waals surface area (Å²) < 4.78 is 25.6. The van der Waals surface area contributed by atoms with Gasteiger partial charge in [0.2, 0.25) is 0 Å². The number of aromatic carboxylic acids is 1. The molecule has 38 heavy (non-hydrogen) atoms. The molecule has 0 saturated carbocycles. The number of likely N-dealkylation sites (N-methyl/N-ethyl adjacent to an activating group) is 1. The zero-order valence-electron chi connectivity index (χ0n) is 20.8. The Morgan fingerprint density at radius 3 is 2.61 bits per heavy atom. The first-order valence-corrected chi connectivity index (χ1v) is 13.2. The van der Waals surface area contributed by atoms with E-state index in [-0.39, 0.29) is 23.9 Å². The molecule has 0 radical (unpaired) electrons. The fourth-order valence-electron chi connectivity index (χ4n) is 3.69. The summed E-state index contributed by atoms with van der Waals surface area (Å²) >= 11 is 4.74. The Bertz CT molecular complexity index is 1460. The van der Waals surface area contributed by atoms with Crippen LogP contribution in [0.4, 0.5) is 10.1 Å². The van der Waals surface area contributed by atoms with Gasteiger partial charge in [-0.2, -0.15) is 0 Å². The van der Waals surface area contributed by atoms with Crippen molar-refractivity contribution in [2.75, 3.05) is 13.7 Å². The van der Waals surface area contributed by atoms with E-state index in [0.29, 0.717) is 49.5 Å². The van der Waals surface area contributed by atoms with Crippen LogP contribution in [0, 0.1) is 12.7 Å². The van der Waals surface area contributed by atoms with Crippen molar-refractivity contribution in [3.63, 3.8) is 0 Å². The monoisotopic (exact) mass is 598 g/mol. The standard InChI is InChI=1S/C28H24BrFN2O5S/c1-4-36-23-13-18(12-21(29)25(23)37-15-17-8-10-19(30)11-9-17)14-24-26(33)32(3)28(38-24)31-22-7-5-6-20(16(22)2)27(34)35/h5-14H,4,15H2,1-3H3,(H,34,35)/b24-14-,31-28?. The van der Waals surface area contributed by atoms with E-state index in [4.69, 9.17) is 9.47 Å². The molecule has 1 saturated heterocycles. The van der Waals surface area contributed by atoms with Crippen LogP contribution in [0.5, 0.6) is 11.5 Å². The van der Waals surface area contributed by atoms with Crippen molar-refractivity contribution in [2.24, 2.45) is 4.99 Å². The minimum Gasteiger partial charge on any atom is -0.490 e. The van der Waals surface area contributed by atoms with Gasteiger partial charge in [0, 0.05) is 7.05 Å². The number of carbonyl (C=O) groups excluding carboxylic acids is 1. The highest BCUT2D eigenvalue weighted by Gasteiger charge is 2.31. The zero-order valence-corrected chi connectivity index (χ0v) is 23.2. The van der Waals surface area contributed by atoms with Gasteiger partial charge < -0.3 is 14.6 Å². The number of carboxylic acids is 1. The van der Waals surface area contributed by atoms with Gasteiger partial charge in [-0.1, -0.05) is 18.2 Å². The third kappa shape index (κ3) is 6.08. The Labute approximate surface area is 232 Å². The summed E-state index contributed by atoms with van der Waals surface area (Å²) in [6.45, 7) is 4.17. The number of ether oxygens (including phenoxy) is 2.